The summed E-state index contributed by atoms with van der Waals surface area (Å²) in [5.74, 6) is 0.557. The minimum Gasteiger partial charge on any atom is -0.489 e. The van der Waals surface area contributed by atoms with Crippen LogP contribution >= 0.6 is 11.6 Å². The van der Waals surface area contributed by atoms with Crippen molar-refractivity contribution in [3.05, 3.63) is 112 Å². The van der Waals surface area contributed by atoms with E-state index in [2.05, 4.69) is 44.1 Å². The van der Waals surface area contributed by atoms with E-state index in [0.29, 0.717) is 21.9 Å². The zero-order valence-corrected chi connectivity index (χ0v) is 21.8. The highest BCUT2D eigenvalue weighted by atomic mass is 35.5. The fraction of sp³-hybridized carbons (Fsp3) is 0.200. The summed E-state index contributed by atoms with van der Waals surface area (Å²) in [6.07, 6.45) is 3.71. The van der Waals surface area contributed by atoms with Gasteiger partial charge in [0.05, 0.1) is 40.9 Å². The maximum absolute atomic E-state index is 13.0. The zero-order chi connectivity index (χ0) is 25.9. The lowest BCUT2D eigenvalue weighted by Gasteiger charge is -2.17. The Kier molecular flexibility index (Phi) is 7.01. The van der Waals surface area contributed by atoms with Crippen LogP contribution < -0.4 is 15.6 Å². The van der Waals surface area contributed by atoms with E-state index in [9.17, 15) is 4.79 Å². The molecule has 7 heteroatoms. The summed E-state index contributed by atoms with van der Waals surface area (Å²) in [6, 6.07) is 23.7. The molecule has 0 amide bonds. The van der Waals surface area contributed by atoms with E-state index in [1.807, 2.05) is 75.8 Å². The molecule has 2 aromatic heterocycles. The first-order valence-electron chi connectivity index (χ1n) is 12.3. The molecule has 0 aliphatic carbocycles. The summed E-state index contributed by atoms with van der Waals surface area (Å²) in [4.78, 5) is 20.3. The number of hydrogen-bond acceptors (Lipinski definition) is 4. The molecule has 0 spiro atoms. The summed E-state index contributed by atoms with van der Waals surface area (Å²) in [6.45, 7) is 6.58. The molecule has 2 heterocycles. The molecule has 188 valence electrons. The smallest absolute Gasteiger partial charge is 0.253 e. The van der Waals surface area contributed by atoms with E-state index in [0.717, 1.165) is 28.9 Å². The largest absolute Gasteiger partial charge is 0.489 e. The van der Waals surface area contributed by atoms with Gasteiger partial charge in [0.15, 0.2) is 0 Å². The second-order valence-corrected chi connectivity index (χ2v) is 9.84. The van der Waals surface area contributed by atoms with Crippen LogP contribution in [0.3, 0.4) is 0 Å². The highest BCUT2D eigenvalue weighted by Crippen LogP contribution is 2.31. The van der Waals surface area contributed by atoms with Crippen LogP contribution in [0.4, 0.5) is 5.69 Å². The molecule has 0 bridgehead atoms. The Balaban J connectivity index is 1.39. The third-order valence-corrected chi connectivity index (χ3v) is 6.50. The second-order valence-electron chi connectivity index (χ2n) is 9.43. The average Bonchev–Trinajstić information content (AvgIpc) is 3.33. The summed E-state index contributed by atoms with van der Waals surface area (Å²) in [7, 11) is 0. The van der Waals surface area contributed by atoms with Gasteiger partial charge in [-0.05, 0) is 50.6 Å². The number of rotatable bonds is 8. The zero-order valence-electron chi connectivity index (χ0n) is 21.0. The number of halogens is 1. The standard InChI is InChI=1S/C30H29ClN4O2/c1-19(2)37-29-15-27-23(14-26(29)31)13-25(30(36)34-27)20(3)33-24-11-7-10-22(12-24)28-16-32-18-35(28)17-21-8-5-4-6-9-21/h4-16,18-20,33H,17H2,1-3H3,(H,34,36)/t20-/m0/s1. The number of anilines is 1. The molecule has 5 rings (SSSR count). The van der Waals surface area contributed by atoms with Crippen LogP contribution in [0.2, 0.25) is 5.02 Å². The second kappa shape index (κ2) is 10.5. The molecule has 5 aromatic rings. The van der Waals surface area contributed by atoms with Crippen molar-refractivity contribution < 1.29 is 4.74 Å². The van der Waals surface area contributed by atoms with Crippen molar-refractivity contribution in [1.29, 1.82) is 0 Å². The van der Waals surface area contributed by atoms with Crippen molar-refractivity contribution in [2.45, 2.75) is 39.5 Å². The van der Waals surface area contributed by atoms with Gasteiger partial charge in [-0.1, -0.05) is 54.1 Å². The van der Waals surface area contributed by atoms with Gasteiger partial charge in [-0.2, -0.15) is 0 Å². The van der Waals surface area contributed by atoms with Crippen LogP contribution in [0.5, 0.6) is 5.75 Å². The van der Waals surface area contributed by atoms with Crippen molar-refractivity contribution in [3.63, 3.8) is 0 Å². The quantitative estimate of drug-likeness (QED) is 0.233. The first-order valence-corrected chi connectivity index (χ1v) is 12.7. The number of fused-ring (bicyclic) bond motifs is 1. The van der Waals surface area contributed by atoms with Crippen molar-refractivity contribution in [1.82, 2.24) is 14.5 Å². The summed E-state index contributed by atoms with van der Waals surface area (Å²) in [5, 5.41) is 4.84. The molecule has 0 aliphatic rings. The van der Waals surface area contributed by atoms with Crippen molar-refractivity contribution in [3.8, 4) is 17.0 Å². The van der Waals surface area contributed by atoms with Crippen molar-refractivity contribution in [2.24, 2.45) is 0 Å². The summed E-state index contributed by atoms with van der Waals surface area (Å²) >= 11 is 6.44. The minimum atomic E-state index is -0.233. The Hall–Kier alpha value is -4.03. The predicted molar refractivity (Wildman–Crippen MR) is 151 cm³/mol. The molecule has 0 unspecified atom stereocenters. The number of pyridine rings is 1. The SMILES string of the molecule is CC(C)Oc1cc2[nH]c(=O)c([C@H](C)Nc3cccc(-c4cncn4Cc4ccccc4)c3)cc2cc1Cl. The van der Waals surface area contributed by atoms with E-state index in [1.54, 1.807) is 6.07 Å². The van der Waals surface area contributed by atoms with E-state index in [1.165, 1.54) is 5.56 Å². The minimum absolute atomic E-state index is 0.0158. The van der Waals surface area contributed by atoms with Gasteiger partial charge in [0.25, 0.3) is 5.56 Å². The van der Waals surface area contributed by atoms with Crippen molar-refractivity contribution >= 4 is 28.2 Å². The van der Waals surface area contributed by atoms with Crippen molar-refractivity contribution in [2.75, 3.05) is 5.32 Å². The lowest BCUT2D eigenvalue weighted by atomic mass is 10.1. The monoisotopic (exact) mass is 512 g/mol. The first-order chi connectivity index (χ1) is 17.9. The van der Waals surface area contributed by atoms with E-state index < -0.39 is 0 Å². The van der Waals surface area contributed by atoms with Gasteiger partial charge in [0.2, 0.25) is 0 Å². The molecule has 2 N–H and O–H groups in total. The Labute approximate surface area is 220 Å². The van der Waals surface area contributed by atoms with Gasteiger partial charge in [0, 0.05) is 34.8 Å². The number of ether oxygens (including phenoxy) is 1. The third-order valence-electron chi connectivity index (χ3n) is 6.20. The average molecular weight is 513 g/mol. The van der Waals surface area contributed by atoms with E-state index in [-0.39, 0.29) is 17.7 Å². The Morgan fingerprint density at radius 3 is 2.62 bits per heavy atom. The fourth-order valence-electron chi connectivity index (χ4n) is 4.45. The highest BCUT2D eigenvalue weighted by molar-refractivity contribution is 6.32. The molecule has 0 aliphatic heterocycles. The molecular formula is C30H29ClN4O2. The lowest BCUT2D eigenvalue weighted by Crippen LogP contribution is -2.19. The molecule has 0 saturated carbocycles. The Morgan fingerprint density at radius 2 is 1.84 bits per heavy atom. The van der Waals surface area contributed by atoms with Gasteiger partial charge >= 0.3 is 0 Å². The molecule has 37 heavy (non-hydrogen) atoms. The molecule has 0 radical (unpaired) electrons. The normalized spacial score (nSPS) is 12.1. The van der Waals surface area contributed by atoms with Crippen LogP contribution in [-0.2, 0) is 6.54 Å². The van der Waals surface area contributed by atoms with Crippen LogP contribution in [0.15, 0.2) is 90.1 Å². The molecule has 0 fully saturated rings. The van der Waals surface area contributed by atoms with Gasteiger partial charge in [-0.3, -0.25) is 4.79 Å². The summed E-state index contributed by atoms with van der Waals surface area (Å²) < 4.78 is 7.89. The van der Waals surface area contributed by atoms with Crippen LogP contribution in [0.1, 0.15) is 37.9 Å². The summed E-state index contributed by atoms with van der Waals surface area (Å²) in [5.41, 5.74) is 5.36. The number of H-pyrrole nitrogens is 1. The number of imidazole rings is 1. The molecular weight excluding hydrogens is 484 g/mol. The predicted octanol–water partition coefficient (Wildman–Crippen LogP) is 7.05. The molecule has 3 aromatic carbocycles. The molecule has 1 atom stereocenters. The Bertz CT molecular complexity index is 1590. The maximum Gasteiger partial charge on any atom is 0.253 e. The van der Waals surface area contributed by atoms with Gasteiger partial charge in [-0.15, -0.1) is 0 Å². The van der Waals surface area contributed by atoms with E-state index in [4.69, 9.17) is 16.3 Å². The molecule has 6 nitrogen and oxygen atoms in total. The van der Waals surface area contributed by atoms with Gasteiger partial charge < -0.3 is 19.6 Å². The van der Waals surface area contributed by atoms with Crippen LogP contribution in [0.25, 0.3) is 22.2 Å². The number of hydrogen-bond donors (Lipinski definition) is 2. The van der Waals surface area contributed by atoms with E-state index >= 15 is 0 Å². The molecule has 0 saturated heterocycles. The lowest BCUT2D eigenvalue weighted by molar-refractivity contribution is 0.243. The number of nitrogens with one attached hydrogen (secondary N) is 2. The number of benzene rings is 3. The number of aromatic nitrogens is 3. The van der Waals surface area contributed by atoms with Crippen LogP contribution in [0, 0.1) is 0 Å². The fourth-order valence-corrected chi connectivity index (χ4v) is 4.67. The number of nitrogens with zero attached hydrogens (tertiary/aromatic N) is 2. The third kappa shape index (κ3) is 5.54. The van der Waals surface area contributed by atoms with Crippen LogP contribution in [-0.4, -0.2) is 20.6 Å². The maximum atomic E-state index is 13.0. The highest BCUT2D eigenvalue weighted by Gasteiger charge is 2.15. The van der Waals surface area contributed by atoms with Gasteiger partial charge in [-0.25, -0.2) is 4.98 Å². The van der Waals surface area contributed by atoms with Gasteiger partial charge in [0.1, 0.15) is 5.75 Å². The first kappa shape index (κ1) is 24.7. The Morgan fingerprint density at radius 1 is 1.03 bits per heavy atom. The topological polar surface area (TPSA) is 71.9 Å². The number of aromatic amines is 1.